The van der Waals surface area contributed by atoms with Crippen LogP contribution in [-0.2, 0) is 4.79 Å². The lowest BCUT2D eigenvalue weighted by Gasteiger charge is -2.29. The van der Waals surface area contributed by atoms with E-state index in [1.165, 1.54) is 0 Å². The van der Waals surface area contributed by atoms with Crippen molar-refractivity contribution in [3.8, 4) is 0 Å². The summed E-state index contributed by atoms with van der Waals surface area (Å²) >= 11 is 0. The van der Waals surface area contributed by atoms with Gasteiger partial charge in [-0.1, -0.05) is 0 Å². The molecule has 1 rings (SSSR count). The average Bonchev–Trinajstić information content (AvgIpc) is 1.88. The highest BCUT2D eigenvalue weighted by Gasteiger charge is 2.24. The van der Waals surface area contributed by atoms with Crippen molar-refractivity contribution in [1.82, 2.24) is 10.2 Å². The zero-order chi connectivity index (χ0) is 7.56. The Labute approximate surface area is 59.8 Å². The van der Waals surface area contributed by atoms with Crippen LogP contribution in [0.25, 0.3) is 0 Å². The van der Waals surface area contributed by atoms with Crippen LogP contribution < -0.4 is 5.32 Å². The first-order chi connectivity index (χ1) is 4.72. The summed E-state index contributed by atoms with van der Waals surface area (Å²) < 4.78 is 0. The summed E-state index contributed by atoms with van der Waals surface area (Å²) in [6.07, 6.45) is 0. The van der Waals surface area contributed by atoms with Crippen molar-refractivity contribution < 1.29 is 9.90 Å². The number of hydrogen-bond acceptors (Lipinski definition) is 3. The molecule has 10 heavy (non-hydrogen) atoms. The van der Waals surface area contributed by atoms with Crippen LogP contribution in [0.15, 0.2) is 0 Å². The molecule has 2 N–H and O–H groups in total. The van der Waals surface area contributed by atoms with Crippen LogP contribution in [0.1, 0.15) is 0 Å². The molecule has 1 fully saturated rings. The molecule has 0 aromatic heterocycles. The Morgan fingerprint density at radius 2 is 2.50 bits per heavy atom. The number of likely N-dealkylation sites (N-methyl/N-ethyl adjacent to an activating group) is 1. The van der Waals surface area contributed by atoms with E-state index in [2.05, 4.69) is 5.32 Å². The van der Waals surface area contributed by atoms with Crippen molar-refractivity contribution >= 4 is 5.97 Å². The van der Waals surface area contributed by atoms with Crippen molar-refractivity contribution in [3.63, 3.8) is 0 Å². The number of carboxylic acid groups (broad SMARTS) is 1. The Bertz CT molecular complexity index is 138. The van der Waals surface area contributed by atoms with E-state index in [1.807, 2.05) is 11.9 Å². The minimum absolute atomic E-state index is 0.339. The monoisotopic (exact) mass is 144 g/mol. The minimum atomic E-state index is -0.741. The van der Waals surface area contributed by atoms with E-state index in [9.17, 15) is 4.79 Å². The van der Waals surface area contributed by atoms with Gasteiger partial charge < -0.3 is 10.4 Å². The largest absolute Gasteiger partial charge is 0.480 e. The fraction of sp³-hybridized carbons (Fsp3) is 0.833. The summed E-state index contributed by atoms with van der Waals surface area (Å²) in [6.45, 7) is 2.27. The fourth-order valence-electron chi connectivity index (χ4n) is 1.08. The van der Waals surface area contributed by atoms with Crippen LogP contribution in [0.5, 0.6) is 0 Å². The summed E-state index contributed by atoms with van der Waals surface area (Å²) in [5, 5.41) is 11.7. The maximum absolute atomic E-state index is 10.5. The number of hydrogen-bond donors (Lipinski definition) is 2. The normalized spacial score (nSPS) is 28.3. The Kier molecular flexibility index (Phi) is 2.24. The van der Waals surface area contributed by atoms with Crippen LogP contribution in [0, 0.1) is 0 Å². The van der Waals surface area contributed by atoms with Gasteiger partial charge in [0.1, 0.15) is 6.04 Å². The average molecular weight is 144 g/mol. The molecule has 4 heteroatoms. The molecule has 0 amide bonds. The molecule has 1 unspecified atom stereocenters. The molecular weight excluding hydrogens is 132 g/mol. The molecule has 1 saturated heterocycles. The Balaban J connectivity index is 2.47. The third-order valence-electron chi connectivity index (χ3n) is 1.80. The summed E-state index contributed by atoms with van der Waals surface area (Å²) in [6, 6.07) is -0.339. The van der Waals surface area contributed by atoms with E-state index in [0.29, 0.717) is 6.54 Å². The molecule has 1 heterocycles. The predicted molar refractivity (Wildman–Crippen MR) is 36.9 cm³/mol. The summed E-state index contributed by atoms with van der Waals surface area (Å²) in [5.41, 5.74) is 0. The van der Waals surface area contributed by atoms with Gasteiger partial charge in [0.15, 0.2) is 0 Å². The van der Waals surface area contributed by atoms with E-state index in [0.717, 1.165) is 13.1 Å². The van der Waals surface area contributed by atoms with Gasteiger partial charge in [-0.05, 0) is 7.05 Å². The van der Waals surface area contributed by atoms with Gasteiger partial charge in [0, 0.05) is 19.6 Å². The van der Waals surface area contributed by atoms with Crippen LogP contribution in [0.4, 0.5) is 0 Å². The first kappa shape index (κ1) is 7.50. The lowest BCUT2D eigenvalue weighted by atomic mass is 10.2. The maximum atomic E-state index is 10.5. The number of rotatable bonds is 1. The second-order valence-corrected chi connectivity index (χ2v) is 2.54. The molecule has 0 aliphatic carbocycles. The molecule has 1 atom stereocenters. The van der Waals surface area contributed by atoms with Gasteiger partial charge in [0.2, 0.25) is 0 Å². The van der Waals surface area contributed by atoms with Gasteiger partial charge in [0.05, 0.1) is 0 Å². The standard InChI is InChI=1S/C6H12N2O2/c1-8-3-2-7-4-5(8)6(9)10/h5,7H,2-4H2,1H3,(H,9,10). The van der Waals surface area contributed by atoms with E-state index in [1.54, 1.807) is 0 Å². The molecule has 0 bridgehead atoms. The Hall–Kier alpha value is -0.610. The van der Waals surface area contributed by atoms with Crippen LogP contribution in [0.2, 0.25) is 0 Å². The van der Waals surface area contributed by atoms with Gasteiger partial charge >= 0.3 is 5.97 Å². The third-order valence-corrected chi connectivity index (χ3v) is 1.80. The van der Waals surface area contributed by atoms with Crippen molar-refractivity contribution in [1.29, 1.82) is 0 Å². The summed E-state index contributed by atoms with van der Waals surface area (Å²) in [5.74, 6) is -0.741. The van der Waals surface area contributed by atoms with Crippen molar-refractivity contribution in [3.05, 3.63) is 0 Å². The summed E-state index contributed by atoms with van der Waals surface area (Å²) in [7, 11) is 1.83. The van der Waals surface area contributed by atoms with Crippen molar-refractivity contribution in [2.75, 3.05) is 26.7 Å². The molecule has 0 aromatic carbocycles. The SMILES string of the molecule is CN1CCNCC1C(=O)O. The van der Waals surface area contributed by atoms with Gasteiger partial charge in [-0.25, -0.2) is 0 Å². The molecular formula is C6H12N2O2. The molecule has 4 nitrogen and oxygen atoms in total. The molecule has 1 aliphatic rings. The zero-order valence-electron chi connectivity index (χ0n) is 6.00. The van der Waals surface area contributed by atoms with Crippen LogP contribution >= 0.6 is 0 Å². The highest BCUT2D eigenvalue weighted by molar-refractivity contribution is 5.73. The van der Waals surface area contributed by atoms with Gasteiger partial charge in [-0.3, -0.25) is 9.69 Å². The molecule has 0 radical (unpaired) electrons. The van der Waals surface area contributed by atoms with E-state index in [-0.39, 0.29) is 6.04 Å². The minimum Gasteiger partial charge on any atom is -0.480 e. The molecule has 0 aromatic rings. The number of nitrogens with one attached hydrogen (secondary N) is 1. The highest BCUT2D eigenvalue weighted by atomic mass is 16.4. The van der Waals surface area contributed by atoms with E-state index in [4.69, 9.17) is 5.11 Å². The fourth-order valence-corrected chi connectivity index (χ4v) is 1.08. The first-order valence-corrected chi connectivity index (χ1v) is 3.35. The molecule has 0 saturated carbocycles. The smallest absolute Gasteiger partial charge is 0.322 e. The predicted octanol–water partition coefficient (Wildman–Crippen LogP) is -1.03. The number of nitrogens with zero attached hydrogens (tertiary/aromatic N) is 1. The van der Waals surface area contributed by atoms with E-state index >= 15 is 0 Å². The molecule has 0 spiro atoms. The third kappa shape index (κ3) is 1.46. The van der Waals surface area contributed by atoms with Gasteiger partial charge in [-0.15, -0.1) is 0 Å². The molecule has 1 aliphatic heterocycles. The Morgan fingerprint density at radius 3 is 2.90 bits per heavy atom. The van der Waals surface area contributed by atoms with Crippen LogP contribution in [0.3, 0.4) is 0 Å². The summed E-state index contributed by atoms with van der Waals surface area (Å²) in [4.78, 5) is 12.3. The Morgan fingerprint density at radius 1 is 1.80 bits per heavy atom. The van der Waals surface area contributed by atoms with E-state index < -0.39 is 5.97 Å². The maximum Gasteiger partial charge on any atom is 0.322 e. The van der Waals surface area contributed by atoms with Crippen molar-refractivity contribution in [2.45, 2.75) is 6.04 Å². The lowest BCUT2D eigenvalue weighted by molar-refractivity contribution is -0.143. The second kappa shape index (κ2) is 2.98. The van der Waals surface area contributed by atoms with Crippen molar-refractivity contribution in [2.24, 2.45) is 0 Å². The molecule has 58 valence electrons. The number of aliphatic carboxylic acids is 1. The zero-order valence-corrected chi connectivity index (χ0v) is 6.00. The topological polar surface area (TPSA) is 52.6 Å². The first-order valence-electron chi connectivity index (χ1n) is 3.35. The number of carboxylic acids is 1. The highest BCUT2D eigenvalue weighted by Crippen LogP contribution is 1.98. The van der Waals surface area contributed by atoms with Gasteiger partial charge in [-0.2, -0.15) is 0 Å². The number of piperazine rings is 1. The second-order valence-electron chi connectivity index (χ2n) is 2.54. The quantitative estimate of drug-likeness (QED) is 0.494. The lowest BCUT2D eigenvalue weighted by Crippen LogP contribution is -2.52. The number of carbonyl (C=O) groups is 1. The van der Waals surface area contributed by atoms with Gasteiger partial charge in [0.25, 0.3) is 0 Å². The van der Waals surface area contributed by atoms with Crippen LogP contribution in [-0.4, -0.2) is 48.7 Å².